The standard InChI is InChI=1S/C19H20FN5O/c1-14(24-10-12-26-13-11-24)19-22-18(15-2-4-16(20)5-3-15)23-25(19)17-6-8-21-9-7-17/h2-9,14H,10-13H2,1H3/t14-/m0/s1. The van der Waals surface area contributed by atoms with E-state index < -0.39 is 0 Å². The van der Waals surface area contributed by atoms with Gasteiger partial charge in [0, 0.05) is 31.0 Å². The third-order valence-electron chi connectivity index (χ3n) is 4.61. The summed E-state index contributed by atoms with van der Waals surface area (Å²) in [4.78, 5) is 11.2. The quantitative estimate of drug-likeness (QED) is 0.722. The highest BCUT2D eigenvalue weighted by Gasteiger charge is 2.25. The van der Waals surface area contributed by atoms with E-state index in [2.05, 4.69) is 16.8 Å². The average Bonchev–Trinajstić information content (AvgIpc) is 3.15. The second kappa shape index (κ2) is 7.31. The van der Waals surface area contributed by atoms with Crippen LogP contribution >= 0.6 is 0 Å². The highest BCUT2D eigenvalue weighted by Crippen LogP contribution is 2.25. The maximum absolute atomic E-state index is 13.3. The molecule has 134 valence electrons. The summed E-state index contributed by atoms with van der Waals surface area (Å²) in [7, 11) is 0. The minimum Gasteiger partial charge on any atom is -0.379 e. The number of nitrogens with zero attached hydrogens (tertiary/aromatic N) is 5. The van der Waals surface area contributed by atoms with Crippen LogP contribution in [0.2, 0.25) is 0 Å². The van der Waals surface area contributed by atoms with Gasteiger partial charge in [-0.15, -0.1) is 5.10 Å². The van der Waals surface area contributed by atoms with E-state index in [4.69, 9.17) is 14.8 Å². The number of hydrogen-bond donors (Lipinski definition) is 0. The lowest BCUT2D eigenvalue weighted by Crippen LogP contribution is -2.38. The van der Waals surface area contributed by atoms with E-state index in [0.717, 1.165) is 43.4 Å². The fourth-order valence-corrected chi connectivity index (χ4v) is 3.12. The van der Waals surface area contributed by atoms with Crippen LogP contribution in [0.15, 0.2) is 48.8 Å². The smallest absolute Gasteiger partial charge is 0.181 e. The Hall–Kier alpha value is -2.64. The van der Waals surface area contributed by atoms with Gasteiger partial charge in [0.15, 0.2) is 5.82 Å². The van der Waals surface area contributed by atoms with Gasteiger partial charge >= 0.3 is 0 Å². The highest BCUT2D eigenvalue weighted by atomic mass is 19.1. The molecular weight excluding hydrogens is 333 g/mol. The lowest BCUT2D eigenvalue weighted by molar-refractivity contribution is 0.0178. The van der Waals surface area contributed by atoms with Crippen LogP contribution in [0.3, 0.4) is 0 Å². The molecule has 3 heterocycles. The predicted molar refractivity (Wildman–Crippen MR) is 95.4 cm³/mol. The van der Waals surface area contributed by atoms with Gasteiger partial charge in [0.2, 0.25) is 0 Å². The molecule has 7 heteroatoms. The molecule has 0 aliphatic carbocycles. The van der Waals surface area contributed by atoms with E-state index in [0.29, 0.717) is 5.82 Å². The van der Waals surface area contributed by atoms with Gasteiger partial charge in [-0.1, -0.05) is 0 Å². The minimum absolute atomic E-state index is 0.0776. The normalized spacial score (nSPS) is 16.5. The zero-order valence-electron chi connectivity index (χ0n) is 14.5. The lowest BCUT2D eigenvalue weighted by Gasteiger charge is -2.31. The first-order valence-corrected chi connectivity index (χ1v) is 8.67. The van der Waals surface area contributed by atoms with Crippen molar-refractivity contribution in [1.82, 2.24) is 24.6 Å². The fraction of sp³-hybridized carbons (Fsp3) is 0.316. The molecule has 1 fully saturated rings. The Morgan fingerprint density at radius 1 is 1.04 bits per heavy atom. The Morgan fingerprint density at radius 3 is 2.42 bits per heavy atom. The summed E-state index contributed by atoms with van der Waals surface area (Å²) < 4.78 is 20.6. The summed E-state index contributed by atoms with van der Waals surface area (Å²) in [5.74, 6) is 1.15. The molecule has 1 saturated heterocycles. The third-order valence-corrected chi connectivity index (χ3v) is 4.61. The van der Waals surface area contributed by atoms with E-state index >= 15 is 0 Å². The van der Waals surface area contributed by atoms with Crippen molar-refractivity contribution in [3.05, 3.63) is 60.4 Å². The van der Waals surface area contributed by atoms with Crippen molar-refractivity contribution in [3.63, 3.8) is 0 Å². The SMILES string of the molecule is C[C@@H](c1nc(-c2ccc(F)cc2)nn1-c1ccncc1)N1CCOCC1. The van der Waals surface area contributed by atoms with Crippen molar-refractivity contribution < 1.29 is 9.13 Å². The molecule has 0 N–H and O–H groups in total. The number of halogens is 1. The van der Waals surface area contributed by atoms with Crippen molar-refractivity contribution in [2.45, 2.75) is 13.0 Å². The Bertz CT molecular complexity index is 859. The second-order valence-electron chi connectivity index (χ2n) is 6.24. The summed E-state index contributed by atoms with van der Waals surface area (Å²) in [5.41, 5.74) is 1.69. The van der Waals surface area contributed by atoms with E-state index in [9.17, 15) is 4.39 Å². The summed E-state index contributed by atoms with van der Waals surface area (Å²) in [6.07, 6.45) is 3.47. The van der Waals surface area contributed by atoms with E-state index in [1.165, 1.54) is 12.1 Å². The predicted octanol–water partition coefficient (Wildman–Crippen LogP) is 2.86. The van der Waals surface area contributed by atoms with Gasteiger partial charge in [-0.2, -0.15) is 0 Å². The molecule has 2 aromatic heterocycles. The fourth-order valence-electron chi connectivity index (χ4n) is 3.12. The maximum atomic E-state index is 13.3. The Kier molecular flexibility index (Phi) is 4.73. The molecule has 0 unspecified atom stereocenters. The molecule has 0 bridgehead atoms. The van der Waals surface area contributed by atoms with Gasteiger partial charge in [0.1, 0.15) is 11.6 Å². The molecule has 26 heavy (non-hydrogen) atoms. The second-order valence-corrected chi connectivity index (χ2v) is 6.24. The van der Waals surface area contributed by atoms with Crippen molar-refractivity contribution in [3.8, 4) is 17.1 Å². The van der Waals surface area contributed by atoms with Gasteiger partial charge < -0.3 is 4.74 Å². The van der Waals surface area contributed by atoms with Crippen molar-refractivity contribution in [2.24, 2.45) is 0 Å². The molecule has 0 amide bonds. The molecule has 0 saturated carbocycles. The minimum atomic E-state index is -0.274. The topological polar surface area (TPSA) is 56.1 Å². The van der Waals surface area contributed by atoms with Crippen LogP contribution in [0.4, 0.5) is 4.39 Å². The summed E-state index contributed by atoms with van der Waals surface area (Å²) >= 11 is 0. The van der Waals surface area contributed by atoms with Gasteiger partial charge in [-0.3, -0.25) is 9.88 Å². The number of morpholine rings is 1. The van der Waals surface area contributed by atoms with E-state index in [1.807, 2.05) is 16.8 Å². The van der Waals surface area contributed by atoms with E-state index in [1.54, 1.807) is 24.5 Å². The number of aromatic nitrogens is 4. The number of benzene rings is 1. The van der Waals surface area contributed by atoms with Crippen LogP contribution in [0, 0.1) is 5.82 Å². The number of pyridine rings is 1. The molecule has 0 spiro atoms. The first-order chi connectivity index (χ1) is 12.7. The number of hydrogen-bond acceptors (Lipinski definition) is 5. The molecule has 4 rings (SSSR count). The third kappa shape index (κ3) is 3.36. The van der Waals surface area contributed by atoms with Crippen LogP contribution in [0.25, 0.3) is 17.1 Å². The summed E-state index contributed by atoms with van der Waals surface area (Å²) in [5, 5.41) is 4.69. The lowest BCUT2D eigenvalue weighted by atomic mass is 10.2. The first-order valence-electron chi connectivity index (χ1n) is 8.67. The van der Waals surface area contributed by atoms with Gasteiger partial charge in [0.25, 0.3) is 0 Å². The van der Waals surface area contributed by atoms with Crippen LogP contribution in [-0.2, 0) is 4.74 Å². The molecule has 1 aliphatic rings. The van der Waals surface area contributed by atoms with Gasteiger partial charge in [-0.05, 0) is 43.3 Å². The first kappa shape index (κ1) is 16.8. The zero-order chi connectivity index (χ0) is 17.9. The molecular formula is C19H20FN5O. The maximum Gasteiger partial charge on any atom is 0.181 e. The number of ether oxygens (including phenoxy) is 1. The Labute approximate surface area is 151 Å². The monoisotopic (exact) mass is 353 g/mol. The van der Waals surface area contributed by atoms with Crippen LogP contribution in [-0.4, -0.2) is 51.0 Å². The van der Waals surface area contributed by atoms with Crippen molar-refractivity contribution in [1.29, 1.82) is 0 Å². The van der Waals surface area contributed by atoms with Crippen molar-refractivity contribution in [2.75, 3.05) is 26.3 Å². The summed E-state index contributed by atoms with van der Waals surface area (Å²) in [6.45, 7) is 5.28. The average molecular weight is 353 g/mol. The molecule has 1 aromatic carbocycles. The van der Waals surface area contributed by atoms with Crippen LogP contribution < -0.4 is 0 Å². The Balaban J connectivity index is 1.76. The molecule has 0 radical (unpaired) electrons. The largest absolute Gasteiger partial charge is 0.379 e. The summed E-state index contributed by atoms with van der Waals surface area (Å²) in [6, 6.07) is 10.1. The molecule has 1 atom stereocenters. The van der Waals surface area contributed by atoms with Gasteiger partial charge in [0.05, 0.1) is 24.9 Å². The van der Waals surface area contributed by atoms with Crippen LogP contribution in [0.5, 0.6) is 0 Å². The Morgan fingerprint density at radius 2 is 1.73 bits per heavy atom. The zero-order valence-corrected chi connectivity index (χ0v) is 14.5. The van der Waals surface area contributed by atoms with Crippen LogP contribution in [0.1, 0.15) is 18.8 Å². The van der Waals surface area contributed by atoms with E-state index in [-0.39, 0.29) is 11.9 Å². The van der Waals surface area contributed by atoms with Gasteiger partial charge in [-0.25, -0.2) is 14.1 Å². The molecule has 6 nitrogen and oxygen atoms in total. The highest BCUT2D eigenvalue weighted by molar-refractivity contribution is 5.55. The molecule has 3 aromatic rings. The molecule has 1 aliphatic heterocycles. The number of rotatable bonds is 4. The van der Waals surface area contributed by atoms with Crippen molar-refractivity contribution >= 4 is 0 Å².